The van der Waals surface area contributed by atoms with Gasteiger partial charge in [0.25, 0.3) is 0 Å². The van der Waals surface area contributed by atoms with Gasteiger partial charge in [-0.05, 0) is 31.2 Å². The van der Waals surface area contributed by atoms with Crippen LogP contribution in [0.3, 0.4) is 0 Å². The topological polar surface area (TPSA) is 26.2 Å². The number of hydrogen-bond donors (Lipinski definition) is 1. The van der Waals surface area contributed by atoms with E-state index >= 15 is 0 Å². The molecule has 1 aromatic heterocycles. The minimum absolute atomic E-state index is 0.745. The van der Waals surface area contributed by atoms with Crippen LogP contribution >= 0.6 is 11.6 Å². The molecule has 4 heteroatoms. The van der Waals surface area contributed by atoms with Crippen molar-refractivity contribution in [1.29, 1.82) is 0 Å². The van der Waals surface area contributed by atoms with E-state index < -0.39 is 0 Å². The Bertz CT molecular complexity index is 551. The molecule has 0 fully saturated rings. The van der Waals surface area contributed by atoms with Gasteiger partial charge in [0.15, 0.2) is 0 Å². The van der Waals surface area contributed by atoms with Gasteiger partial charge in [-0.25, -0.2) is 0 Å². The summed E-state index contributed by atoms with van der Waals surface area (Å²) in [5.74, 6) is 0. The zero-order valence-corrected chi connectivity index (χ0v) is 13.0. The molecule has 0 bridgehead atoms. The minimum atomic E-state index is 0.745. The lowest BCUT2D eigenvalue weighted by molar-refractivity contribution is 0.124. The molecule has 20 heavy (non-hydrogen) atoms. The van der Waals surface area contributed by atoms with E-state index in [-0.39, 0.29) is 0 Å². The molecule has 0 aliphatic heterocycles. The van der Waals surface area contributed by atoms with Crippen LogP contribution < -0.4 is 5.32 Å². The molecule has 110 valence electrons. The van der Waals surface area contributed by atoms with Crippen LogP contribution in [0.5, 0.6) is 0 Å². The number of rotatable bonds is 8. The van der Waals surface area contributed by atoms with Crippen LogP contribution in [0, 0.1) is 0 Å². The third-order valence-electron chi connectivity index (χ3n) is 3.41. The molecule has 1 aromatic carbocycles. The van der Waals surface area contributed by atoms with Crippen LogP contribution in [0.2, 0.25) is 5.02 Å². The van der Waals surface area contributed by atoms with Gasteiger partial charge in [0.05, 0.1) is 6.61 Å². The Morgan fingerprint density at radius 3 is 2.90 bits per heavy atom. The summed E-state index contributed by atoms with van der Waals surface area (Å²) in [5, 5.41) is 5.25. The number of halogens is 1. The van der Waals surface area contributed by atoms with Crippen molar-refractivity contribution in [2.24, 2.45) is 0 Å². The molecule has 0 saturated carbocycles. The Morgan fingerprint density at radius 2 is 2.15 bits per heavy atom. The highest BCUT2D eigenvalue weighted by Crippen LogP contribution is 2.24. The first-order chi connectivity index (χ1) is 9.76. The summed E-state index contributed by atoms with van der Waals surface area (Å²) in [5.41, 5.74) is 2.48. The van der Waals surface area contributed by atoms with Crippen LogP contribution in [0.25, 0.3) is 10.9 Å². The summed E-state index contributed by atoms with van der Waals surface area (Å²) in [7, 11) is 1.97. The summed E-state index contributed by atoms with van der Waals surface area (Å²) in [6, 6.07) is 6.08. The summed E-state index contributed by atoms with van der Waals surface area (Å²) < 4.78 is 7.89. The van der Waals surface area contributed by atoms with Gasteiger partial charge in [-0.3, -0.25) is 0 Å². The normalized spacial score (nSPS) is 11.3. The number of aromatic nitrogens is 1. The first kappa shape index (κ1) is 15.4. The zero-order chi connectivity index (χ0) is 14.4. The molecule has 0 atom stereocenters. The van der Waals surface area contributed by atoms with E-state index in [0.717, 1.165) is 37.7 Å². The van der Waals surface area contributed by atoms with Gasteiger partial charge < -0.3 is 14.6 Å². The van der Waals surface area contributed by atoms with Crippen molar-refractivity contribution in [2.75, 3.05) is 20.3 Å². The van der Waals surface area contributed by atoms with Crippen LogP contribution in [0.15, 0.2) is 24.4 Å². The Morgan fingerprint density at radius 1 is 1.30 bits per heavy atom. The van der Waals surface area contributed by atoms with E-state index in [4.69, 9.17) is 16.3 Å². The third-order valence-corrected chi connectivity index (χ3v) is 3.65. The lowest BCUT2D eigenvalue weighted by Gasteiger charge is -2.06. The van der Waals surface area contributed by atoms with Crippen LogP contribution in [-0.2, 0) is 17.8 Å². The summed E-state index contributed by atoms with van der Waals surface area (Å²) in [6.07, 6.45) is 4.50. The SMILES string of the molecule is CCCCOCCn1cc(CNC)c2ccc(Cl)cc21. The van der Waals surface area contributed by atoms with Crippen molar-refractivity contribution in [2.45, 2.75) is 32.9 Å². The first-order valence-electron chi connectivity index (χ1n) is 7.26. The highest BCUT2D eigenvalue weighted by molar-refractivity contribution is 6.31. The van der Waals surface area contributed by atoms with E-state index in [1.54, 1.807) is 0 Å². The molecule has 2 rings (SSSR count). The van der Waals surface area contributed by atoms with Gasteiger partial charge in [-0.2, -0.15) is 0 Å². The largest absolute Gasteiger partial charge is 0.380 e. The number of unbranched alkanes of at least 4 members (excludes halogenated alkanes) is 1. The fraction of sp³-hybridized carbons (Fsp3) is 0.500. The molecule has 0 aliphatic rings. The van der Waals surface area contributed by atoms with Gasteiger partial charge in [0.2, 0.25) is 0 Å². The van der Waals surface area contributed by atoms with E-state index in [2.05, 4.69) is 29.1 Å². The van der Waals surface area contributed by atoms with Gasteiger partial charge in [0.1, 0.15) is 0 Å². The predicted octanol–water partition coefficient (Wildman–Crippen LogP) is 3.83. The van der Waals surface area contributed by atoms with Crippen LogP contribution in [-0.4, -0.2) is 24.8 Å². The van der Waals surface area contributed by atoms with E-state index in [9.17, 15) is 0 Å². The first-order valence-corrected chi connectivity index (χ1v) is 7.63. The average molecular weight is 295 g/mol. The van der Waals surface area contributed by atoms with Crippen molar-refractivity contribution in [3.8, 4) is 0 Å². The average Bonchev–Trinajstić information content (AvgIpc) is 2.77. The lowest BCUT2D eigenvalue weighted by atomic mass is 10.2. The maximum atomic E-state index is 6.12. The van der Waals surface area contributed by atoms with Crippen LogP contribution in [0.4, 0.5) is 0 Å². The fourth-order valence-electron chi connectivity index (χ4n) is 2.37. The van der Waals surface area contributed by atoms with Crippen molar-refractivity contribution < 1.29 is 4.74 Å². The summed E-state index contributed by atoms with van der Waals surface area (Å²) >= 11 is 6.12. The van der Waals surface area contributed by atoms with Gasteiger partial charge in [-0.1, -0.05) is 31.0 Å². The maximum absolute atomic E-state index is 6.12. The second-order valence-corrected chi connectivity index (χ2v) is 5.44. The smallest absolute Gasteiger partial charge is 0.0645 e. The highest BCUT2D eigenvalue weighted by atomic mass is 35.5. The van der Waals surface area contributed by atoms with Crippen molar-refractivity contribution in [3.05, 3.63) is 35.0 Å². The Labute approximate surface area is 125 Å². The fourth-order valence-corrected chi connectivity index (χ4v) is 2.54. The van der Waals surface area contributed by atoms with E-state index in [1.807, 2.05) is 19.2 Å². The highest BCUT2D eigenvalue weighted by Gasteiger charge is 2.08. The molecule has 0 unspecified atom stereocenters. The van der Waals surface area contributed by atoms with Gasteiger partial charge >= 0.3 is 0 Å². The van der Waals surface area contributed by atoms with Crippen molar-refractivity contribution >= 4 is 22.5 Å². The number of nitrogens with zero attached hydrogens (tertiary/aromatic N) is 1. The number of fused-ring (bicyclic) bond motifs is 1. The van der Waals surface area contributed by atoms with E-state index in [1.165, 1.54) is 22.9 Å². The third kappa shape index (κ3) is 3.75. The Hall–Kier alpha value is -1.03. The minimum Gasteiger partial charge on any atom is -0.380 e. The predicted molar refractivity (Wildman–Crippen MR) is 85.4 cm³/mol. The second-order valence-electron chi connectivity index (χ2n) is 5.01. The summed E-state index contributed by atoms with van der Waals surface area (Å²) in [6.45, 7) is 5.50. The zero-order valence-electron chi connectivity index (χ0n) is 12.3. The Kier molecular flexibility index (Phi) is 5.89. The second kappa shape index (κ2) is 7.67. The lowest BCUT2D eigenvalue weighted by Crippen LogP contribution is -2.06. The van der Waals surface area contributed by atoms with Gasteiger partial charge in [0, 0.05) is 41.8 Å². The molecule has 0 amide bonds. The molecular weight excluding hydrogens is 272 g/mol. The monoisotopic (exact) mass is 294 g/mol. The van der Waals surface area contributed by atoms with E-state index in [0.29, 0.717) is 0 Å². The number of nitrogens with one attached hydrogen (secondary N) is 1. The molecular formula is C16H23ClN2O. The molecule has 1 heterocycles. The molecule has 0 aliphatic carbocycles. The summed E-state index contributed by atoms with van der Waals surface area (Å²) in [4.78, 5) is 0. The quantitative estimate of drug-likeness (QED) is 0.749. The molecule has 3 nitrogen and oxygen atoms in total. The number of ether oxygens (including phenoxy) is 1. The molecule has 1 N–H and O–H groups in total. The standard InChI is InChI=1S/C16H23ClN2O/c1-3-4-8-20-9-7-19-12-13(11-18-2)15-6-5-14(17)10-16(15)19/h5-6,10,12,18H,3-4,7-9,11H2,1-2H3. The molecule has 0 saturated heterocycles. The van der Waals surface area contributed by atoms with Crippen LogP contribution in [0.1, 0.15) is 25.3 Å². The number of benzene rings is 1. The molecule has 0 spiro atoms. The Balaban J connectivity index is 2.12. The van der Waals surface area contributed by atoms with Crippen molar-refractivity contribution in [1.82, 2.24) is 9.88 Å². The molecule has 0 radical (unpaired) electrons. The number of hydrogen-bond acceptors (Lipinski definition) is 2. The maximum Gasteiger partial charge on any atom is 0.0645 e. The van der Waals surface area contributed by atoms with Crippen molar-refractivity contribution in [3.63, 3.8) is 0 Å². The molecule has 2 aromatic rings. The van der Waals surface area contributed by atoms with Gasteiger partial charge in [-0.15, -0.1) is 0 Å².